The molecule has 1 heterocycles. The number of carbonyl (C=O) groups is 1. The summed E-state index contributed by atoms with van der Waals surface area (Å²) in [6.07, 6.45) is 1.40. The molecule has 0 unspecified atom stereocenters. The zero-order valence-electron chi connectivity index (χ0n) is 13.8. The highest BCUT2D eigenvalue weighted by Crippen LogP contribution is 2.22. The van der Waals surface area contributed by atoms with Crippen molar-refractivity contribution >= 4 is 6.09 Å². The van der Waals surface area contributed by atoms with E-state index in [1.807, 2.05) is 20.8 Å². The highest BCUT2D eigenvalue weighted by molar-refractivity contribution is 5.68. The Hall–Kier alpha value is -1.85. The van der Waals surface area contributed by atoms with Crippen molar-refractivity contribution in [2.75, 3.05) is 19.7 Å². The van der Waals surface area contributed by atoms with E-state index in [1.54, 1.807) is 4.90 Å². The summed E-state index contributed by atoms with van der Waals surface area (Å²) in [7, 11) is 0. The molecule has 1 saturated heterocycles. The molecular formula is C17H23F2NO3. The van der Waals surface area contributed by atoms with Crippen LogP contribution < -0.4 is 4.74 Å². The Morgan fingerprint density at radius 2 is 2.09 bits per heavy atom. The Balaban J connectivity index is 1.87. The van der Waals surface area contributed by atoms with Crippen LogP contribution in [-0.4, -0.2) is 36.3 Å². The highest BCUT2D eigenvalue weighted by Gasteiger charge is 2.28. The highest BCUT2D eigenvalue weighted by atomic mass is 19.1. The quantitative estimate of drug-likeness (QED) is 0.842. The van der Waals surface area contributed by atoms with Gasteiger partial charge < -0.3 is 14.4 Å². The summed E-state index contributed by atoms with van der Waals surface area (Å²) >= 11 is 0. The summed E-state index contributed by atoms with van der Waals surface area (Å²) < 4.78 is 37.2. The van der Waals surface area contributed by atoms with Gasteiger partial charge in [-0.05, 0) is 45.7 Å². The van der Waals surface area contributed by atoms with Crippen LogP contribution >= 0.6 is 0 Å². The number of rotatable bonds is 3. The number of piperidine rings is 1. The minimum absolute atomic E-state index is 0.0285. The monoisotopic (exact) mass is 327 g/mol. The molecule has 0 saturated carbocycles. The smallest absolute Gasteiger partial charge is 0.410 e. The van der Waals surface area contributed by atoms with Gasteiger partial charge in [0.15, 0.2) is 11.6 Å². The number of halogens is 2. The van der Waals surface area contributed by atoms with Gasteiger partial charge in [-0.2, -0.15) is 0 Å². The third-order valence-corrected chi connectivity index (χ3v) is 3.54. The van der Waals surface area contributed by atoms with Crippen molar-refractivity contribution in [1.29, 1.82) is 0 Å². The zero-order valence-corrected chi connectivity index (χ0v) is 13.8. The summed E-state index contributed by atoms with van der Waals surface area (Å²) in [4.78, 5) is 13.7. The maximum Gasteiger partial charge on any atom is 0.410 e. The molecule has 1 aliphatic rings. The first-order valence-corrected chi connectivity index (χ1v) is 7.80. The van der Waals surface area contributed by atoms with E-state index in [9.17, 15) is 13.6 Å². The number of carbonyl (C=O) groups excluding carboxylic acids is 1. The van der Waals surface area contributed by atoms with Crippen molar-refractivity contribution in [3.63, 3.8) is 0 Å². The number of likely N-dealkylation sites (tertiary alicyclic amines) is 1. The third kappa shape index (κ3) is 5.37. The number of benzene rings is 1. The van der Waals surface area contributed by atoms with Crippen LogP contribution in [0, 0.1) is 17.6 Å². The van der Waals surface area contributed by atoms with Gasteiger partial charge in [-0.3, -0.25) is 0 Å². The molecule has 2 rings (SSSR count). The molecule has 1 atom stereocenters. The topological polar surface area (TPSA) is 38.8 Å². The van der Waals surface area contributed by atoms with Gasteiger partial charge in [0.1, 0.15) is 11.4 Å². The van der Waals surface area contributed by atoms with Crippen LogP contribution in [0.4, 0.5) is 13.6 Å². The minimum atomic E-state index is -0.718. The molecule has 1 aromatic rings. The molecule has 23 heavy (non-hydrogen) atoms. The first kappa shape index (κ1) is 17.5. The van der Waals surface area contributed by atoms with Gasteiger partial charge in [0.05, 0.1) is 6.61 Å². The van der Waals surface area contributed by atoms with Gasteiger partial charge in [-0.15, -0.1) is 0 Å². The van der Waals surface area contributed by atoms with E-state index in [2.05, 4.69) is 0 Å². The predicted molar refractivity (Wildman–Crippen MR) is 82.4 cm³/mol. The van der Waals surface area contributed by atoms with Gasteiger partial charge in [0.25, 0.3) is 0 Å². The maximum absolute atomic E-state index is 13.5. The number of amides is 1. The lowest BCUT2D eigenvalue weighted by molar-refractivity contribution is 0.0138. The van der Waals surface area contributed by atoms with Gasteiger partial charge in [-0.25, -0.2) is 13.6 Å². The van der Waals surface area contributed by atoms with E-state index >= 15 is 0 Å². The molecule has 0 bridgehead atoms. The standard InChI is InChI=1S/C17H23F2NO3/c1-17(2,3)23-16(21)20-8-4-5-12(10-20)11-22-15-7-6-13(18)9-14(15)19/h6-7,9,12H,4-5,8,10-11H2,1-3H3/t12-/m0/s1. The normalized spacial score (nSPS) is 18.7. The minimum Gasteiger partial charge on any atom is -0.490 e. The second-order valence-electron chi connectivity index (χ2n) is 6.82. The van der Waals surface area contributed by atoms with Crippen LogP contribution in [0.25, 0.3) is 0 Å². The average Bonchev–Trinajstić information content (AvgIpc) is 2.45. The van der Waals surface area contributed by atoms with Crippen LogP contribution in [0.2, 0.25) is 0 Å². The summed E-state index contributed by atoms with van der Waals surface area (Å²) in [5.41, 5.74) is -0.530. The first-order valence-electron chi connectivity index (χ1n) is 7.80. The number of hydrogen-bond donors (Lipinski definition) is 0. The number of ether oxygens (including phenoxy) is 2. The van der Waals surface area contributed by atoms with E-state index in [4.69, 9.17) is 9.47 Å². The molecule has 4 nitrogen and oxygen atoms in total. The van der Waals surface area contributed by atoms with Gasteiger partial charge >= 0.3 is 6.09 Å². The van der Waals surface area contributed by atoms with E-state index in [0.29, 0.717) is 13.1 Å². The zero-order chi connectivity index (χ0) is 17.0. The average molecular weight is 327 g/mol. The Kier molecular flexibility index (Phi) is 5.44. The molecule has 1 aromatic carbocycles. The molecule has 0 spiro atoms. The van der Waals surface area contributed by atoms with E-state index in [-0.39, 0.29) is 24.4 Å². The molecule has 0 aromatic heterocycles. The fourth-order valence-electron chi connectivity index (χ4n) is 2.49. The van der Waals surface area contributed by atoms with Crippen LogP contribution in [-0.2, 0) is 4.74 Å². The molecule has 128 valence electrons. The summed E-state index contributed by atoms with van der Waals surface area (Å²) in [5.74, 6) is -1.23. The lowest BCUT2D eigenvalue weighted by Crippen LogP contribution is -2.44. The molecule has 1 amide bonds. The van der Waals surface area contributed by atoms with Crippen molar-refractivity contribution in [3.05, 3.63) is 29.8 Å². The molecular weight excluding hydrogens is 304 g/mol. The fraction of sp³-hybridized carbons (Fsp3) is 0.588. The van der Waals surface area contributed by atoms with Gasteiger partial charge in [-0.1, -0.05) is 0 Å². The van der Waals surface area contributed by atoms with Crippen molar-refractivity contribution in [3.8, 4) is 5.75 Å². The van der Waals surface area contributed by atoms with Crippen molar-refractivity contribution in [1.82, 2.24) is 4.90 Å². The van der Waals surface area contributed by atoms with E-state index < -0.39 is 17.2 Å². The van der Waals surface area contributed by atoms with Crippen LogP contribution in [0.15, 0.2) is 18.2 Å². The molecule has 0 N–H and O–H groups in total. The molecule has 1 aliphatic heterocycles. The number of nitrogens with zero attached hydrogens (tertiary/aromatic N) is 1. The maximum atomic E-state index is 13.5. The predicted octanol–water partition coefficient (Wildman–Crippen LogP) is 3.99. The fourth-order valence-corrected chi connectivity index (χ4v) is 2.49. The summed E-state index contributed by atoms with van der Waals surface area (Å²) in [5, 5.41) is 0. The Labute approximate surface area is 135 Å². The Morgan fingerprint density at radius 3 is 2.74 bits per heavy atom. The van der Waals surface area contributed by atoms with Crippen LogP contribution in [0.5, 0.6) is 5.75 Å². The van der Waals surface area contributed by atoms with Crippen molar-refractivity contribution < 1.29 is 23.0 Å². The summed E-state index contributed by atoms with van der Waals surface area (Å²) in [6.45, 7) is 6.92. The second kappa shape index (κ2) is 7.15. The first-order chi connectivity index (χ1) is 10.7. The van der Waals surface area contributed by atoms with E-state index in [1.165, 1.54) is 6.07 Å². The Bertz CT molecular complexity index is 557. The van der Waals surface area contributed by atoms with Gasteiger partial charge in [0.2, 0.25) is 0 Å². The van der Waals surface area contributed by atoms with Crippen molar-refractivity contribution in [2.45, 2.75) is 39.2 Å². The largest absolute Gasteiger partial charge is 0.490 e. The SMILES string of the molecule is CC(C)(C)OC(=O)N1CCC[C@H](COc2ccc(F)cc2F)C1. The van der Waals surface area contributed by atoms with Crippen LogP contribution in [0.3, 0.4) is 0 Å². The lowest BCUT2D eigenvalue weighted by atomic mass is 9.99. The lowest BCUT2D eigenvalue weighted by Gasteiger charge is -2.34. The number of hydrogen-bond acceptors (Lipinski definition) is 3. The molecule has 0 aliphatic carbocycles. The van der Waals surface area contributed by atoms with Gasteiger partial charge in [0, 0.05) is 25.1 Å². The third-order valence-electron chi connectivity index (χ3n) is 3.54. The molecule has 0 radical (unpaired) electrons. The Morgan fingerprint density at radius 1 is 1.35 bits per heavy atom. The van der Waals surface area contributed by atoms with Crippen molar-refractivity contribution in [2.24, 2.45) is 5.92 Å². The van der Waals surface area contributed by atoms with E-state index in [0.717, 1.165) is 25.0 Å². The second-order valence-corrected chi connectivity index (χ2v) is 6.82. The van der Waals surface area contributed by atoms with Crippen LogP contribution in [0.1, 0.15) is 33.6 Å². The summed E-state index contributed by atoms with van der Waals surface area (Å²) in [6, 6.07) is 3.23. The molecule has 6 heteroatoms. The molecule has 1 fully saturated rings.